The van der Waals surface area contributed by atoms with E-state index >= 15 is 0 Å². The molecule has 98 valence electrons. The van der Waals surface area contributed by atoms with Gasteiger partial charge in [-0.2, -0.15) is 0 Å². The number of benzene rings is 1. The number of anilines is 1. The zero-order valence-corrected chi connectivity index (χ0v) is 9.85. The molecular formula is C13H15F2NO2. The summed E-state index contributed by atoms with van der Waals surface area (Å²) in [5.74, 6) is -1.02. The summed E-state index contributed by atoms with van der Waals surface area (Å²) >= 11 is 0. The van der Waals surface area contributed by atoms with E-state index in [4.69, 9.17) is 5.11 Å². The molecule has 1 N–H and O–H groups in total. The van der Waals surface area contributed by atoms with E-state index in [1.54, 1.807) is 29.2 Å². The van der Waals surface area contributed by atoms with Gasteiger partial charge in [-0.15, -0.1) is 0 Å². The van der Waals surface area contributed by atoms with Crippen LogP contribution in [0.4, 0.5) is 14.5 Å². The maximum atomic E-state index is 12.3. The van der Waals surface area contributed by atoms with Gasteiger partial charge in [0.15, 0.2) is 0 Å². The zero-order valence-electron chi connectivity index (χ0n) is 9.85. The first-order valence-electron chi connectivity index (χ1n) is 5.55. The van der Waals surface area contributed by atoms with Gasteiger partial charge in [-0.3, -0.25) is 0 Å². The van der Waals surface area contributed by atoms with E-state index in [0.29, 0.717) is 0 Å². The third-order valence-electron chi connectivity index (χ3n) is 2.39. The molecule has 0 spiro atoms. The molecule has 5 heteroatoms. The van der Waals surface area contributed by atoms with Gasteiger partial charge in [-0.05, 0) is 23.8 Å². The highest BCUT2D eigenvalue weighted by molar-refractivity contribution is 5.85. The van der Waals surface area contributed by atoms with E-state index in [0.717, 1.165) is 17.3 Å². The molecule has 0 aromatic heterocycles. The average Bonchev–Trinajstić information content (AvgIpc) is 2.37. The number of rotatable bonds is 7. The van der Waals surface area contributed by atoms with Crippen molar-refractivity contribution in [2.45, 2.75) is 0 Å². The molecule has 1 rings (SSSR count). The molecule has 1 aromatic carbocycles. The second kappa shape index (κ2) is 7.42. The van der Waals surface area contributed by atoms with Crippen LogP contribution < -0.4 is 4.90 Å². The van der Waals surface area contributed by atoms with Gasteiger partial charge in [0.2, 0.25) is 0 Å². The quantitative estimate of drug-likeness (QED) is 0.761. The third-order valence-corrected chi connectivity index (χ3v) is 2.39. The van der Waals surface area contributed by atoms with Crippen molar-refractivity contribution in [3.05, 3.63) is 35.9 Å². The van der Waals surface area contributed by atoms with Crippen molar-refractivity contribution in [2.24, 2.45) is 0 Å². The fraction of sp³-hybridized carbons (Fsp3) is 0.308. The number of alkyl halides is 2. The minimum absolute atomic E-state index is 0.147. The van der Waals surface area contributed by atoms with Crippen molar-refractivity contribution in [1.82, 2.24) is 0 Å². The largest absolute Gasteiger partial charge is 0.478 e. The van der Waals surface area contributed by atoms with Crippen LogP contribution in [0, 0.1) is 0 Å². The molecule has 0 atom stereocenters. The Bertz CT molecular complexity index is 398. The van der Waals surface area contributed by atoms with Crippen molar-refractivity contribution in [3.8, 4) is 0 Å². The maximum Gasteiger partial charge on any atom is 0.328 e. The van der Waals surface area contributed by atoms with Crippen LogP contribution in [0.3, 0.4) is 0 Å². The fourth-order valence-corrected chi connectivity index (χ4v) is 1.54. The molecule has 0 aliphatic carbocycles. The monoisotopic (exact) mass is 255 g/mol. The minimum Gasteiger partial charge on any atom is -0.478 e. The average molecular weight is 255 g/mol. The summed E-state index contributed by atoms with van der Waals surface area (Å²) < 4.78 is 24.6. The summed E-state index contributed by atoms with van der Waals surface area (Å²) in [4.78, 5) is 11.9. The molecule has 0 fully saturated rings. The van der Waals surface area contributed by atoms with Crippen LogP contribution in [0.1, 0.15) is 5.56 Å². The highest BCUT2D eigenvalue weighted by Crippen LogP contribution is 2.16. The zero-order chi connectivity index (χ0) is 13.4. The summed E-state index contributed by atoms with van der Waals surface area (Å²) in [5.41, 5.74) is 1.44. The molecule has 0 unspecified atom stereocenters. The van der Waals surface area contributed by atoms with E-state index in [9.17, 15) is 13.6 Å². The van der Waals surface area contributed by atoms with Crippen LogP contribution in [0.5, 0.6) is 0 Å². The summed E-state index contributed by atoms with van der Waals surface area (Å²) in [7, 11) is 0. The molecule has 0 radical (unpaired) electrons. The summed E-state index contributed by atoms with van der Waals surface area (Å²) in [6.07, 6.45) is 2.50. The third kappa shape index (κ3) is 4.53. The van der Waals surface area contributed by atoms with Crippen LogP contribution in [-0.4, -0.2) is 37.5 Å². The number of nitrogens with zero attached hydrogens (tertiary/aromatic N) is 1. The van der Waals surface area contributed by atoms with Crippen molar-refractivity contribution >= 4 is 17.7 Å². The van der Waals surface area contributed by atoms with Gasteiger partial charge < -0.3 is 10.0 Å². The number of carboxylic acids is 1. The molecule has 18 heavy (non-hydrogen) atoms. The van der Waals surface area contributed by atoms with Crippen LogP contribution in [0.2, 0.25) is 0 Å². The Kier molecular flexibility index (Phi) is 5.84. The number of carboxylic acid groups (broad SMARTS) is 1. The molecule has 0 aliphatic rings. The molecule has 0 bridgehead atoms. The Labute approximate surface area is 104 Å². The lowest BCUT2D eigenvalue weighted by Gasteiger charge is -2.22. The van der Waals surface area contributed by atoms with Crippen LogP contribution in [0.15, 0.2) is 30.3 Å². The first kappa shape index (κ1) is 14.2. The van der Waals surface area contributed by atoms with Gasteiger partial charge >= 0.3 is 5.97 Å². The Morgan fingerprint density at radius 3 is 2.17 bits per heavy atom. The maximum absolute atomic E-state index is 12.3. The summed E-state index contributed by atoms with van der Waals surface area (Å²) in [6.45, 7) is -0.788. The minimum atomic E-state index is -1.02. The van der Waals surface area contributed by atoms with E-state index in [2.05, 4.69) is 0 Å². The first-order chi connectivity index (χ1) is 8.67. The van der Waals surface area contributed by atoms with Crippen LogP contribution in [-0.2, 0) is 4.79 Å². The van der Waals surface area contributed by atoms with E-state index < -0.39 is 19.3 Å². The van der Waals surface area contributed by atoms with Gasteiger partial charge in [0.25, 0.3) is 0 Å². The molecule has 0 aliphatic heterocycles. The lowest BCUT2D eigenvalue weighted by Crippen LogP contribution is -2.27. The lowest BCUT2D eigenvalue weighted by atomic mass is 10.2. The van der Waals surface area contributed by atoms with Gasteiger partial charge in [-0.25, -0.2) is 13.6 Å². The number of hydrogen-bond acceptors (Lipinski definition) is 2. The lowest BCUT2D eigenvalue weighted by molar-refractivity contribution is -0.131. The molecule has 0 heterocycles. The van der Waals surface area contributed by atoms with Crippen LogP contribution >= 0.6 is 0 Å². The highest BCUT2D eigenvalue weighted by atomic mass is 19.1. The van der Waals surface area contributed by atoms with Gasteiger partial charge in [0.05, 0.1) is 0 Å². The fourth-order valence-electron chi connectivity index (χ4n) is 1.54. The van der Waals surface area contributed by atoms with Crippen molar-refractivity contribution in [1.29, 1.82) is 0 Å². The topological polar surface area (TPSA) is 40.5 Å². The van der Waals surface area contributed by atoms with E-state index in [1.807, 2.05) is 0 Å². The SMILES string of the molecule is O=C(O)/C=C\c1ccc(N(CCF)CCF)cc1. The van der Waals surface area contributed by atoms with Crippen LogP contribution in [0.25, 0.3) is 6.08 Å². The van der Waals surface area contributed by atoms with Gasteiger partial charge in [-0.1, -0.05) is 12.1 Å². The number of hydrogen-bond donors (Lipinski definition) is 1. The second-order valence-electron chi connectivity index (χ2n) is 3.63. The molecular weight excluding hydrogens is 240 g/mol. The second-order valence-corrected chi connectivity index (χ2v) is 3.63. The van der Waals surface area contributed by atoms with Crippen molar-refractivity contribution < 1.29 is 18.7 Å². The molecule has 0 saturated heterocycles. The molecule has 0 amide bonds. The normalized spacial score (nSPS) is 10.8. The van der Waals surface area contributed by atoms with Crippen molar-refractivity contribution in [3.63, 3.8) is 0 Å². The standard InChI is InChI=1S/C13H15F2NO2/c14-7-9-16(10-8-15)12-4-1-11(2-5-12)3-6-13(17)18/h1-6H,7-10H2,(H,17,18)/b6-3-. The predicted octanol–water partition coefficient (Wildman–Crippen LogP) is 2.53. The molecule has 1 aromatic rings. The Morgan fingerprint density at radius 1 is 1.17 bits per heavy atom. The highest BCUT2D eigenvalue weighted by Gasteiger charge is 2.05. The van der Waals surface area contributed by atoms with Gasteiger partial charge in [0, 0.05) is 24.9 Å². The Morgan fingerprint density at radius 2 is 1.72 bits per heavy atom. The number of aliphatic carboxylic acids is 1. The van der Waals surface area contributed by atoms with Crippen molar-refractivity contribution in [2.75, 3.05) is 31.3 Å². The van der Waals surface area contributed by atoms with E-state index in [1.165, 1.54) is 6.08 Å². The Hall–Kier alpha value is -1.91. The number of carbonyl (C=O) groups is 1. The number of halogens is 2. The smallest absolute Gasteiger partial charge is 0.328 e. The predicted molar refractivity (Wildman–Crippen MR) is 67.3 cm³/mol. The first-order valence-corrected chi connectivity index (χ1v) is 5.55. The molecule has 3 nitrogen and oxygen atoms in total. The van der Waals surface area contributed by atoms with E-state index in [-0.39, 0.29) is 13.1 Å². The summed E-state index contributed by atoms with van der Waals surface area (Å²) in [5, 5.41) is 8.48. The summed E-state index contributed by atoms with van der Waals surface area (Å²) in [6, 6.07) is 6.84. The molecule has 0 saturated carbocycles. The van der Waals surface area contributed by atoms with Gasteiger partial charge in [0.1, 0.15) is 13.3 Å². The Balaban J connectivity index is 2.76.